The molecule has 1 fully saturated rings. The maximum absolute atomic E-state index is 12.8. The summed E-state index contributed by atoms with van der Waals surface area (Å²) in [5, 5.41) is 18.9. The number of aromatic amines is 2. The molecule has 4 N–H and O–H groups in total. The van der Waals surface area contributed by atoms with E-state index in [1.165, 1.54) is 44.4 Å². The Bertz CT molecular complexity index is 2030. The maximum atomic E-state index is 12.8. The van der Waals surface area contributed by atoms with Crippen molar-refractivity contribution in [1.29, 1.82) is 0 Å². The highest BCUT2D eigenvalue weighted by Crippen LogP contribution is 2.52. The third kappa shape index (κ3) is 7.64. The van der Waals surface area contributed by atoms with Crippen molar-refractivity contribution in [2.75, 3.05) is 6.61 Å². The summed E-state index contributed by atoms with van der Waals surface area (Å²) >= 11 is 11.8. The predicted octanol–water partition coefficient (Wildman–Crippen LogP) is 2.84. The molecule has 2 unspecified atom stereocenters. The maximum Gasteiger partial charge on any atom is 0.343 e. The second kappa shape index (κ2) is 14.8. The number of benzene rings is 2. The van der Waals surface area contributed by atoms with Crippen molar-refractivity contribution in [2.24, 2.45) is 0 Å². The van der Waals surface area contributed by atoms with E-state index in [2.05, 4.69) is 9.97 Å². The number of aromatic nitrogens is 4. The van der Waals surface area contributed by atoms with Crippen molar-refractivity contribution in [2.45, 2.75) is 37.9 Å². The van der Waals surface area contributed by atoms with Crippen molar-refractivity contribution in [3.8, 4) is 11.5 Å². The molecule has 5 rings (SSSR count). The van der Waals surface area contributed by atoms with Crippen molar-refractivity contribution in [3.63, 3.8) is 0 Å². The molecule has 5 atom stereocenters. The van der Waals surface area contributed by atoms with Gasteiger partial charge in [-0.1, -0.05) is 47.5 Å². The highest BCUT2D eigenvalue weighted by atomic mass is 35.5. The molecule has 4 aromatic rings. The van der Waals surface area contributed by atoms with E-state index in [1.807, 2.05) is 0 Å². The largest absolute Gasteiger partial charge is 0.441 e. The van der Waals surface area contributed by atoms with Gasteiger partial charge in [-0.15, -0.1) is 0 Å². The third-order valence-electron chi connectivity index (χ3n) is 6.73. The lowest BCUT2D eigenvalue weighted by atomic mass is 10.2. The smallest absolute Gasteiger partial charge is 0.343 e. The van der Waals surface area contributed by atoms with Crippen LogP contribution in [0.1, 0.15) is 23.8 Å². The molecule has 2 aromatic carbocycles. The zero-order valence-electron chi connectivity index (χ0n) is 24.1. The second-order valence-corrected chi connectivity index (χ2v) is 13.5. The topological polar surface area (TPSA) is 212 Å². The van der Waals surface area contributed by atoms with Crippen molar-refractivity contribution >= 4 is 39.4 Å². The van der Waals surface area contributed by atoms with Gasteiger partial charge in [0.1, 0.15) is 23.8 Å². The van der Waals surface area contributed by atoms with Crippen LogP contribution >= 0.6 is 39.4 Å². The molecular weight excluding hydrogens is 689 g/mol. The van der Waals surface area contributed by atoms with E-state index in [4.69, 9.17) is 37.0 Å². The highest BCUT2D eigenvalue weighted by Gasteiger charge is 2.53. The van der Waals surface area contributed by atoms with Gasteiger partial charge in [0.15, 0.2) is 5.34 Å². The number of rotatable bonds is 8. The Morgan fingerprint density at radius 2 is 1.54 bits per heavy atom. The molecule has 0 aliphatic carbocycles. The molecule has 46 heavy (non-hydrogen) atoms. The van der Waals surface area contributed by atoms with Crippen molar-refractivity contribution in [1.82, 2.24) is 18.9 Å². The van der Waals surface area contributed by atoms with E-state index in [-0.39, 0.29) is 39.1 Å². The SMILES string of the molecule is Cc1c[nH]c(=O)n([PH](=O)Oc2ccccc2Cl)c1=O.Cc1cn([C@H]2C[C@@](O)([PH](=O)Oc3ccccc3Cl)[C@@H](CO)O2)c(=O)[nH]c1=O. The molecule has 2 aromatic heterocycles. The number of halogens is 2. The van der Waals surface area contributed by atoms with E-state index >= 15 is 0 Å². The number of aliphatic hydroxyl groups is 2. The van der Waals surface area contributed by atoms with E-state index in [9.17, 15) is 38.5 Å². The van der Waals surface area contributed by atoms with Crippen LogP contribution in [0.25, 0.3) is 0 Å². The first-order valence-corrected chi connectivity index (χ1v) is 16.7. The Hall–Kier alpha value is -3.68. The fraction of sp³-hybridized carbons (Fsp3) is 0.259. The summed E-state index contributed by atoms with van der Waals surface area (Å²) in [7, 11) is -6.32. The van der Waals surface area contributed by atoms with Gasteiger partial charge in [0.05, 0.1) is 16.7 Å². The first-order chi connectivity index (χ1) is 21.8. The Kier molecular flexibility index (Phi) is 11.3. The molecule has 19 heteroatoms. The average molecular weight is 717 g/mol. The second-order valence-electron chi connectivity index (χ2n) is 9.90. The first kappa shape index (κ1) is 35.2. The molecule has 246 valence electrons. The molecule has 0 radical (unpaired) electrons. The monoisotopic (exact) mass is 716 g/mol. The lowest BCUT2D eigenvalue weighted by Crippen LogP contribution is -2.38. The Labute approximate surface area is 270 Å². The first-order valence-electron chi connectivity index (χ1n) is 13.3. The van der Waals surface area contributed by atoms with Crippen LogP contribution in [0.4, 0.5) is 0 Å². The molecule has 1 aliphatic rings. The van der Waals surface area contributed by atoms with Gasteiger partial charge in [-0.3, -0.25) is 28.3 Å². The minimum atomic E-state index is -3.22. The number of aryl methyl sites for hydroxylation is 2. The quantitative estimate of drug-likeness (QED) is 0.195. The normalized spacial score (nSPS) is 20.3. The molecule has 0 saturated carbocycles. The number of nitrogens with zero attached hydrogens (tertiary/aromatic N) is 2. The van der Waals surface area contributed by atoms with Gasteiger partial charge >= 0.3 is 19.6 Å². The molecule has 3 heterocycles. The van der Waals surface area contributed by atoms with Crippen LogP contribution in [0.2, 0.25) is 10.0 Å². The molecule has 1 saturated heterocycles. The highest BCUT2D eigenvalue weighted by molar-refractivity contribution is 7.41. The van der Waals surface area contributed by atoms with Gasteiger partial charge in [0.25, 0.3) is 19.1 Å². The molecule has 0 spiro atoms. The van der Waals surface area contributed by atoms with Gasteiger partial charge in [-0.2, -0.15) is 4.34 Å². The number of hydrogen-bond acceptors (Lipinski definition) is 11. The van der Waals surface area contributed by atoms with Crippen LogP contribution in [0.5, 0.6) is 11.5 Å². The van der Waals surface area contributed by atoms with Gasteiger partial charge in [-0.25, -0.2) is 9.59 Å². The van der Waals surface area contributed by atoms with Gasteiger partial charge in [-0.05, 0) is 38.1 Å². The third-order valence-corrected chi connectivity index (χ3v) is 10.2. The number of nitrogens with one attached hydrogen (secondary N) is 2. The average Bonchev–Trinajstić information content (AvgIpc) is 3.37. The fourth-order valence-electron chi connectivity index (χ4n) is 4.23. The minimum Gasteiger partial charge on any atom is -0.441 e. The lowest BCUT2D eigenvalue weighted by Gasteiger charge is -2.26. The summed E-state index contributed by atoms with van der Waals surface area (Å²) in [5.74, 6) is 0.273. The summed E-state index contributed by atoms with van der Waals surface area (Å²) in [4.78, 5) is 51.3. The molecule has 0 amide bonds. The Balaban J connectivity index is 0.000000222. The zero-order valence-corrected chi connectivity index (χ0v) is 27.6. The number of aliphatic hydroxyl groups excluding tert-OH is 1. The van der Waals surface area contributed by atoms with Gasteiger partial charge in [0.2, 0.25) is 0 Å². The molecule has 0 bridgehead atoms. The summed E-state index contributed by atoms with van der Waals surface area (Å²) in [6.07, 6.45) is -0.0509. The molecule has 15 nitrogen and oxygen atoms in total. The van der Waals surface area contributed by atoms with E-state index in [1.54, 1.807) is 30.3 Å². The van der Waals surface area contributed by atoms with Crippen LogP contribution in [0, 0.1) is 13.8 Å². The number of para-hydroxylation sites is 2. The van der Waals surface area contributed by atoms with Gasteiger partial charge in [0, 0.05) is 29.9 Å². The standard InChI is InChI=1S/C16H18ClN2O7P.C11H10ClN2O4P/c1-9-7-19(15(22)18-14(9)21)13-6-16(23,12(8-20)25-13)27(24)26-11-5-3-2-4-10(11)17;1-7-6-13-11(16)14(10(7)15)19(17)18-9-5-3-2-4-8(9)12/h2-5,7,12-13,20,23,27H,6,8H2,1H3,(H,18,21,22);2-6,19H,1H3,(H,13,16)/t12-,13-,16-;/m1./s1. The van der Waals surface area contributed by atoms with Gasteiger partial charge < -0.3 is 29.0 Å². The zero-order chi connectivity index (χ0) is 33.8. The summed E-state index contributed by atoms with van der Waals surface area (Å²) in [6.45, 7) is 2.36. The fourth-order valence-corrected chi connectivity index (χ4v) is 7.06. The molecular formula is C27H28Cl2N4O11P2. The van der Waals surface area contributed by atoms with E-state index in [0.717, 1.165) is 4.57 Å². The van der Waals surface area contributed by atoms with E-state index in [0.29, 0.717) is 4.34 Å². The van der Waals surface area contributed by atoms with E-state index < -0.39 is 63.0 Å². The van der Waals surface area contributed by atoms with Crippen molar-refractivity contribution in [3.05, 3.63) is 124 Å². The minimum absolute atomic E-state index is 0.119. The van der Waals surface area contributed by atoms with Crippen LogP contribution in [-0.2, 0) is 13.9 Å². The Morgan fingerprint density at radius 1 is 0.957 bits per heavy atom. The number of H-pyrrole nitrogens is 2. The number of hydrogen-bond donors (Lipinski definition) is 4. The summed E-state index contributed by atoms with van der Waals surface area (Å²) in [5.41, 5.74) is -2.21. The Morgan fingerprint density at radius 3 is 2.13 bits per heavy atom. The van der Waals surface area contributed by atoms with Crippen LogP contribution in [-0.4, -0.2) is 47.1 Å². The van der Waals surface area contributed by atoms with Crippen LogP contribution in [0.3, 0.4) is 0 Å². The summed E-state index contributed by atoms with van der Waals surface area (Å²) in [6, 6.07) is 12.7. The summed E-state index contributed by atoms with van der Waals surface area (Å²) < 4.78 is 42.4. The predicted molar refractivity (Wildman–Crippen MR) is 170 cm³/mol. The number of ether oxygens (including phenoxy) is 1. The molecule has 1 aliphatic heterocycles. The van der Waals surface area contributed by atoms with Crippen molar-refractivity contribution < 1.29 is 33.1 Å². The lowest BCUT2D eigenvalue weighted by molar-refractivity contribution is -0.0571. The van der Waals surface area contributed by atoms with Crippen LogP contribution < -0.4 is 31.5 Å². The van der Waals surface area contributed by atoms with Crippen LogP contribution in [0.15, 0.2) is 80.1 Å².